The Labute approximate surface area is 96.1 Å². The normalized spacial score (nSPS) is 16.7. The van der Waals surface area contributed by atoms with Crippen LogP contribution in [0, 0.1) is 0 Å². The molecule has 1 atom stereocenters. The molecule has 1 aliphatic rings. The van der Waals surface area contributed by atoms with Crippen molar-refractivity contribution in [1.29, 1.82) is 0 Å². The van der Waals surface area contributed by atoms with E-state index in [4.69, 9.17) is 15.2 Å². The summed E-state index contributed by atoms with van der Waals surface area (Å²) < 4.78 is 11.4. The van der Waals surface area contributed by atoms with Gasteiger partial charge in [-0.1, -0.05) is 15.9 Å². The minimum atomic E-state index is -0.700. The number of aliphatic hydroxyl groups excluding tert-OH is 1. The number of hydrogen-bond acceptors (Lipinski definition) is 4. The van der Waals surface area contributed by atoms with Crippen LogP contribution in [0.25, 0.3) is 0 Å². The summed E-state index contributed by atoms with van der Waals surface area (Å²) >= 11 is 3.38. The van der Waals surface area contributed by atoms with Gasteiger partial charge in [-0.2, -0.15) is 0 Å². The first-order valence-electron chi connectivity index (χ1n) is 4.63. The lowest BCUT2D eigenvalue weighted by atomic mass is 10.0. The summed E-state index contributed by atoms with van der Waals surface area (Å²) in [6, 6.07) is 3.74. The van der Waals surface area contributed by atoms with Crippen LogP contribution in [0.5, 0.6) is 5.75 Å². The predicted octanol–water partition coefficient (Wildman–Crippen LogP) is 1.31. The summed E-state index contributed by atoms with van der Waals surface area (Å²) in [6.45, 7) is 0.894. The number of ether oxygens (including phenoxy) is 2. The van der Waals surface area contributed by atoms with Crippen LogP contribution >= 0.6 is 15.9 Å². The smallest absolute Gasteiger partial charge is 0.189 e. The molecule has 1 aliphatic heterocycles. The van der Waals surface area contributed by atoms with Gasteiger partial charge in [0.2, 0.25) is 0 Å². The van der Waals surface area contributed by atoms with Crippen molar-refractivity contribution in [3.63, 3.8) is 0 Å². The average molecular weight is 274 g/mol. The summed E-state index contributed by atoms with van der Waals surface area (Å²) in [5.41, 5.74) is 7.08. The van der Waals surface area contributed by atoms with Crippen LogP contribution in [0.4, 0.5) is 0 Å². The number of fused-ring (bicyclic) bond motifs is 1. The maximum absolute atomic E-state index is 9.74. The number of aliphatic hydroxyl groups is 1. The molecule has 1 heterocycles. The van der Waals surface area contributed by atoms with Crippen molar-refractivity contribution in [1.82, 2.24) is 0 Å². The molecule has 0 fully saturated rings. The minimum absolute atomic E-state index is 0.174. The summed E-state index contributed by atoms with van der Waals surface area (Å²) in [6.07, 6.45) is -0.700. The molecular formula is C10H12BrNO3. The van der Waals surface area contributed by atoms with E-state index in [1.165, 1.54) is 0 Å². The Morgan fingerprint density at radius 3 is 3.07 bits per heavy atom. The summed E-state index contributed by atoms with van der Waals surface area (Å²) in [5.74, 6) is 0.697. The monoisotopic (exact) mass is 273 g/mol. The number of benzene rings is 1. The van der Waals surface area contributed by atoms with Gasteiger partial charge in [0.05, 0.1) is 12.7 Å². The highest BCUT2D eigenvalue weighted by Crippen LogP contribution is 2.34. The van der Waals surface area contributed by atoms with Crippen molar-refractivity contribution in [2.24, 2.45) is 5.73 Å². The molecule has 0 radical (unpaired) electrons. The van der Waals surface area contributed by atoms with Gasteiger partial charge < -0.3 is 20.3 Å². The quantitative estimate of drug-likeness (QED) is 0.853. The molecule has 0 aliphatic carbocycles. The average Bonchev–Trinajstić information content (AvgIpc) is 2.26. The fraction of sp³-hybridized carbons (Fsp3) is 0.400. The standard InChI is InChI=1S/C10H12BrNO3/c11-7-1-6-4-14-5-15-10(6)8(2-7)9(13)3-12/h1-2,9,13H,3-5,12H2. The Kier molecular flexibility index (Phi) is 3.25. The lowest BCUT2D eigenvalue weighted by Gasteiger charge is -2.22. The highest BCUT2D eigenvalue weighted by atomic mass is 79.9. The van der Waals surface area contributed by atoms with Gasteiger partial charge in [-0.3, -0.25) is 0 Å². The van der Waals surface area contributed by atoms with E-state index in [-0.39, 0.29) is 13.3 Å². The van der Waals surface area contributed by atoms with Gasteiger partial charge in [-0.05, 0) is 12.1 Å². The Morgan fingerprint density at radius 2 is 2.33 bits per heavy atom. The van der Waals surface area contributed by atoms with Gasteiger partial charge in [-0.15, -0.1) is 0 Å². The van der Waals surface area contributed by atoms with E-state index in [1.807, 2.05) is 12.1 Å². The largest absolute Gasteiger partial charge is 0.467 e. The lowest BCUT2D eigenvalue weighted by molar-refractivity contribution is -0.0185. The number of hydrogen-bond donors (Lipinski definition) is 2. The number of nitrogens with two attached hydrogens (primary N) is 1. The van der Waals surface area contributed by atoms with E-state index >= 15 is 0 Å². The molecule has 1 aromatic rings. The van der Waals surface area contributed by atoms with E-state index < -0.39 is 6.10 Å². The summed E-state index contributed by atoms with van der Waals surface area (Å²) in [7, 11) is 0. The molecule has 0 saturated heterocycles. The molecule has 3 N–H and O–H groups in total. The van der Waals surface area contributed by atoms with Crippen molar-refractivity contribution < 1.29 is 14.6 Å². The predicted molar refractivity (Wildman–Crippen MR) is 58.4 cm³/mol. The van der Waals surface area contributed by atoms with Crippen LogP contribution < -0.4 is 10.5 Å². The third kappa shape index (κ3) is 2.15. The molecule has 15 heavy (non-hydrogen) atoms. The highest BCUT2D eigenvalue weighted by molar-refractivity contribution is 9.10. The first-order valence-corrected chi connectivity index (χ1v) is 5.42. The molecule has 82 valence electrons. The Balaban J connectivity index is 2.47. The second-order valence-corrected chi connectivity index (χ2v) is 4.26. The summed E-state index contributed by atoms with van der Waals surface area (Å²) in [4.78, 5) is 0. The lowest BCUT2D eigenvalue weighted by Crippen LogP contribution is -2.18. The van der Waals surface area contributed by atoms with Crippen molar-refractivity contribution in [3.8, 4) is 5.75 Å². The van der Waals surface area contributed by atoms with Gasteiger partial charge in [0, 0.05) is 22.1 Å². The molecule has 0 aromatic heterocycles. The molecular weight excluding hydrogens is 262 g/mol. The van der Waals surface area contributed by atoms with Crippen LogP contribution in [0.3, 0.4) is 0 Å². The van der Waals surface area contributed by atoms with Gasteiger partial charge >= 0.3 is 0 Å². The van der Waals surface area contributed by atoms with Crippen LogP contribution in [0.2, 0.25) is 0 Å². The van der Waals surface area contributed by atoms with Crippen molar-refractivity contribution >= 4 is 15.9 Å². The SMILES string of the molecule is NCC(O)c1cc(Br)cc2c1OCOC2. The summed E-state index contributed by atoms with van der Waals surface area (Å²) in [5, 5.41) is 9.74. The fourth-order valence-corrected chi connectivity index (χ4v) is 2.11. The fourth-order valence-electron chi connectivity index (χ4n) is 1.58. The highest BCUT2D eigenvalue weighted by Gasteiger charge is 2.20. The van der Waals surface area contributed by atoms with Gasteiger partial charge in [0.15, 0.2) is 6.79 Å². The van der Waals surface area contributed by atoms with Crippen LogP contribution in [-0.2, 0) is 11.3 Å². The number of rotatable bonds is 2. The zero-order valence-electron chi connectivity index (χ0n) is 8.07. The maximum Gasteiger partial charge on any atom is 0.189 e. The molecule has 0 bridgehead atoms. The molecule has 1 unspecified atom stereocenters. The molecule has 0 amide bonds. The Bertz CT molecular complexity index is 370. The third-order valence-corrected chi connectivity index (χ3v) is 2.74. The van der Waals surface area contributed by atoms with Gasteiger partial charge in [-0.25, -0.2) is 0 Å². The van der Waals surface area contributed by atoms with Gasteiger partial charge in [0.25, 0.3) is 0 Å². The molecule has 5 heteroatoms. The molecule has 0 spiro atoms. The van der Waals surface area contributed by atoms with E-state index in [0.29, 0.717) is 17.9 Å². The first kappa shape index (κ1) is 10.9. The van der Waals surface area contributed by atoms with Gasteiger partial charge in [0.1, 0.15) is 5.75 Å². The van der Waals surface area contributed by atoms with Crippen molar-refractivity contribution in [3.05, 3.63) is 27.7 Å². The molecule has 0 saturated carbocycles. The Morgan fingerprint density at radius 1 is 1.53 bits per heavy atom. The van der Waals surface area contributed by atoms with E-state index in [2.05, 4.69) is 15.9 Å². The zero-order chi connectivity index (χ0) is 10.8. The molecule has 2 rings (SSSR count). The van der Waals surface area contributed by atoms with E-state index in [9.17, 15) is 5.11 Å². The second kappa shape index (κ2) is 4.49. The van der Waals surface area contributed by atoms with Crippen molar-refractivity contribution in [2.75, 3.05) is 13.3 Å². The van der Waals surface area contributed by atoms with E-state index in [0.717, 1.165) is 10.0 Å². The van der Waals surface area contributed by atoms with Crippen LogP contribution in [0.1, 0.15) is 17.2 Å². The number of halogens is 1. The zero-order valence-corrected chi connectivity index (χ0v) is 9.66. The molecule has 1 aromatic carbocycles. The van der Waals surface area contributed by atoms with Crippen LogP contribution in [-0.4, -0.2) is 18.4 Å². The molecule has 4 nitrogen and oxygen atoms in total. The first-order chi connectivity index (χ1) is 7.22. The van der Waals surface area contributed by atoms with E-state index in [1.54, 1.807) is 0 Å². The third-order valence-electron chi connectivity index (χ3n) is 2.29. The minimum Gasteiger partial charge on any atom is -0.467 e. The maximum atomic E-state index is 9.74. The Hall–Kier alpha value is -0.620. The van der Waals surface area contributed by atoms with Crippen molar-refractivity contribution in [2.45, 2.75) is 12.7 Å². The topological polar surface area (TPSA) is 64.7 Å². The van der Waals surface area contributed by atoms with Crippen LogP contribution in [0.15, 0.2) is 16.6 Å². The second-order valence-electron chi connectivity index (χ2n) is 3.35.